The van der Waals surface area contributed by atoms with Crippen LogP contribution in [0, 0.1) is 17.4 Å². The van der Waals surface area contributed by atoms with E-state index in [1.807, 2.05) is 6.07 Å². The molecule has 0 aromatic heterocycles. The molecule has 0 radical (unpaired) electrons. The smallest absolute Gasteiger partial charge is 1.00 e. The van der Waals surface area contributed by atoms with Crippen LogP contribution in [0.25, 0.3) is 21.5 Å². The molecule has 0 nitrogen and oxygen atoms in total. The second kappa shape index (κ2) is 19.0. The van der Waals surface area contributed by atoms with Gasteiger partial charge in [0.15, 0.2) is 0 Å². The Morgan fingerprint density at radius 2 is 1.02 bits per heavy atom. The molecule has 3 heteroatoms. The molecule has 1 unspecified atom stereocenters. The monoisotopic (exact) mass is 830 g/mol. The molecule has 1 aliphatic rings. The number of rotatable bonds is 4. The summed E-state index contributed by atoms with van der Waals surface area (Å²) < 4.78 is 1.46. The number of unbranched alkanes of at least 4 members (excludes halogenated alkanes) is 1. The van der Waals surface area contributed by atoms with E-state index in [0.29, 0.717) is 11.3 Å². The maximum absolute atomic E-state index is 3.43. The average molecular weight is 833 g/mol. The van der Waals surface area contributed by atoms with Gasteiger partial charge in [-0.2, -0.15) is 11.6 Å². The molecule has 0 spiro atoms. The van der Waals surface area contributed by atoms with E-state index in [-0.39, 0.29) is 46.5 Å². The summed E-state index contributed by atoms with van der Waals surface area (Å²) in [6.07, 6.45) is 11.9. The van der Waals surface area contributed by atoms with Crippen LogP contribution < -0.4 is 24.8 Å². The fraction of sp³-hybridized carbons (Fsp3) is 0.520. The number of halogens is 2. The van der Waals surface area contributed by atoms with E-state index < -0.39 is 0 Å². The minimum Gasteiger partial charge on any atom is -1.00 e. The molecule has 0 fully saturated rings. The Bertz CT molecular complexity index is 1760. The minimum absolute atomic E-state index is 0. The van der Waals surface area contributed by atoms with Gasteiger partial charge in [-0.15, -0.1) is 39.7 Å². The van der Waals surface area contributed by atoms with E-state index >= 15 is 0 Å². The molecule has 5 rings (SSSR count). The molecule has 4 aromatic rings. The zero-order valence-electron chi connectivity index (χ0n) is 36.4. The fourth-order valence-electron chi connectivity index (χ4n) is 6.84. The van der Waals surface area contributed by atoms with Crippen molar-refractivity contribution in [2.24, 2.45) is 11.3 Å². The topological polar surface area (TPSA) is 0 Å². The van der Waals surface area contributed by atoms with E-state index in [1.54, 1.807) is 0 Å². The quantitative estimate of drug-likeness (QED) is 0.181. The molecule has 0 aliphatic heterocycles. The van der Waals surface area contributed by atoms with E-state index in [0.717, 1.165) is 0 Å². The number of fused-ring (bicyclic) bond motifs is 3. The van der Waals surface area contributed by atoms with Crippen molar-refractivity contribution in [3.05, 3.63) is 112 Å². The summed E-state index contributed by atoms with van der Waals surface area (Å²) in [6.45, 7) is 39.2. The molecule has 1 atom stereocenters. The maximum atomic E-state index is 3.43. The molecule has 0 bridgehead atoms. The largest absolute Gasteiger partial charge is 1.00 e. The van der Waals surface area contributed by atoms with Crippen LogP contribution in [-0.2, 0) is 45.9 Å². The zero-order chi connectivity index (χ0) is 38.7. The summed E-state index contributed by atoms with van der Waals surface area (Å²) in [5, 5.41) is 5.57. The third kappa shape index (κ3) is 13.5. The van der Waals surface area contributed by atoms with Gasteiger partial charge >= 0.3 is 70.3 Å². The predicted octanol–water partition coefficient (Wildman–Crippen LogP) is 8.82. The van der Waals surface area contributed by atoms with Crippen molar-refractivity contribution < 1.29 is 49.0 Å². The second-order valence-corrected chi connectivity index (χ2v) is 21.9. The molecule has 0 saturated carbocycles. The van der Waals surface area contributed by atoms with Crippen LogP contribution in [0.3, 0.4) is 0 Å². The van der Waals surface area contributed by atoms with Gasteiger partial charge < -0.3 is 24.8 Å². The van der Waals surface area contributed by atoms with Crippen molar-refractivity contribution in [3.63, 3.8) is 0 Å². The van der Waals surface area contributed by atoms with Gasteiger partial charge in [0.05, 0.1) is 0 Å². The van der Waals surface area contributed by atoms with Gasteiger partial charge in [-0.05, 0) is 21.7 Å². The molecule has 0 amide bonds. The SMILES string of the molecule is CC(C)(C)c1cc2[cH-]c3cc(C(C)(C)C)c(C(C)(C)C)cc3c2cc1C(C)(C)C.CCCCC1[C-]=CC(C(C)(C)C)=C1.C[C](=[Zr+2])c1ccccc1.[Cl-].[Cl-]. The van der Waals surface area contributed by atoms with Crippen LogP contribution in [0.2, 0.25) is 0 Å². The first-order chi connectivity index (χ1) is 23.2. The van der Waals surface area contributed by atoms with Crippen molar-refractivity contribution in [3.8, 4) is 0 Å². The number of benzene rings is 3. The molecule has 4 aromatic carbocycles. The Labute approximate surface area is 353 Å². The summed E-state index contributed by atoms with van der Waals surface area (Å²) in [6, 6.07) is 22.8. The summed E-state index contributed by atoms with van der Waals surface area (Å²) >= 11 is 1.51. The first-order valence-electron chi connectivity index (χ1n) is 19.4. The molecular weight excluding hydrogens is 763 g/mol. The van der Waals surface area contributed by atoms with E-state index in [1.165, 1.54) is 102 Å². The van der Waals surface area contributed by atoms with Crippen molar-refractivity contribution in [2.45, 2.75) is 159 Å². The molecule has 0 saturated heterocycles. The normalized spacial score (nSPS) is 14.8. The standard InChI is InChI=1S/C29H41.C13H21.C8H8.2ClH.Zr/c1-26(2,3)22-14-18-13-19-15-23(27(4,5)6)25(29(10,11)12)17-21(19)20(18)16-24(22)28(7,8)9;1-5-6-7-11-8-9-12(10-11)13(2,3)4;1-2-8-6-4-3-5-7-8;;;/h13-17H,1-12H3;9-11H,5-7H2,1-4H3;3-7H,1H3;2*1H;/q2*-1;;;;+2/p-2. The van der Waals surface area contributed by atoms with Gasteiger partial charge in [-0.3, -0.25) is 6.08 Å². The number of hydrogen-bond acceptors (Lipinski definition) is 0. The average Bonchev–Trinajstić information content (AvgIpc) is 3.63. The van der Waals surface area contributed by atoms with Gasteiger partial charge in [0, 0.05) is 0 Å². The molecule has 290 valence electrons. The van der Waals surface area contributed by atoms with Crippen LogP contribution in [0.15, 0.2) is 78.4 Å². The summed E-state index contributed by atoms with van der Waals surface area (Å²) in [5.74, 6) is 0.592. The Morgan fingerprint density at radius 1 is 0.623 bits per heavy atom. The van der Waals surface area contributed by atoms with E-state index in [9.17, 15) is 0 Å². The second-order valence-electron chi connectivity index (χ2n) is 20.0. The Kier molecular flexibility index (Phi) is 17.7. The van der Waals surface area contributed by atoms with Crippen molar-refractivity contribution in [2.75, 3.05) is 0 Å². The van der Waals surface area contributed by atoms with Gasteiger partial charge in [0.1, 0.15) is 0 Å². The third-order valence-electron chi connectivity index (χ3n) is 9.99. The summed E-state index contributed by atoms with van der Waals surface area (Å²) in [4.78, 5) is 0. The summed E-state index contributed by atoms with van der Waals surface area (Å²) in [5.41, 5.74) is 9.53. The van der Waals surface area contributed by atoms with E-state index in [2.05, 4.69) is 191 Å². The van der Waals surface area contributed by atoms with Crippen molar-refractivity contribution in [1.29, 1.82) is 0 Å². The fourth-order valence-corrected chi connectivity index (χ4v) is 7.25. The first kappa shape index (κ1) is 49.4. The predicted molar refractivity (Wildman–Crippen MR) is 226 cm³/mol. The molecule has 53 heavy (non-hydrogen) atoms. The van der Waals surface area contributed by atoms with Crippen LogP contribution in [0.1, 0.15) is 165 Å². The third-order valence-corrected chi connectivity index (χ3v) is 10.7. The molecular formula is C50H70Cl2Zr-2. The van der Waals surface area contributed by atoms with Gasteiger partial charge in [-0.1, -0.05) is 176 Å². The van der Waals surface area contributed by atoms with Crippen LogP contribution in [0.4, 0.5) is 0 Å². The Balaban J connectivity index is 0.000000483. The Morgan fingerprint density at radius 3 is 1.32 bits per heavy atom. The van der Waals surface area contributed by atoms with Crippen molar-refractivity contribution >= 4 is 24.8 Å². The van der Waals surface area contributed by atoms with E-state index in [4.69, 9.17) is 0 Å². The zero-order valence-corrected chi connectivity index (χ0v) is 40.4. The molecule has 0 heterocycles. The van der Waals surface area contributed by atoms with Gasteiger partial charge in [0.25, 0.3) is 0 Å². The Hall–Kier alpha value is -1.66. The van der Waals surface area contributed by atoms with Crippen LogP contribution >= 0.6 is 0 Å². The first-order valence-corrected chi connectivity index (χ1v) is 20.6. The van der Waals surface area contributed by atoms with Crippen LogP contribution in [-0.4, -0.2) is 3.21 Å². The maximum Gasteiger partial charge on any atom is -1.00 e. The van der Waals surface area contributed by atoms with Crippen LogP contribution in [0.5, 0.6) is 0 Å². The minimum atomic E-state index is 0. The van der Waals surface area contributed by atoms with Gasteiger partial charge in [-0.25, -0.2) is 6.08 Å². The van der Waals surface area contributed by atoms with Crippen molar-refractivity contribution in [1.82, 2.24) is 0 Å². The number of hydrogen-bond donors (Lipinski definition) is 0. The number of allylic oxidation sites excluding steroid dienone is 4. The molecule has 1 aliphatic carbocycles. The summed E-state index contributed by atoms with van der Waals surface area (Å²) in [7, 11) is 0. The molecule has 0 N–H and O–H groups in total. The van der Waals surface area contributed by atoms with Gasteiger partial charge in [0.2, 0.25) is 0 Å².